The van der Waals surface area contributed by atoms with E-state index in [9.17, 15) is 18.0 Å². The Balaban J connectivity index is 2.13. The maximum Gasteiger partial charge on any atom is 0.416 e. The number of amides is 1. The molecule has 10 heteroatoms. The lowest BCUT2D eigenvalue weighted by Crippen LogP contribution is -2.34. The highest BCUT2D eigenvalue weighted by Gasteiger charge is 2.31. The van der Waals surface area contributed by atoms with Crippen LogP contribution >= 0.6 is 47.0 Å². The first kappa shape index (κ1) is 19.8. The van der Waals surface area contributed by atoms with E-state index in [0.29, 0.717) is 5.02 Å². The predicted octanol–water partition coefficient (Wildman–Crippen LogP) is 5.79. The Morgan fingerprint density at radius 2 is 1.68 bits per heavy atom. The van der Waals surface area contributed by atoms with Crippen LogP contribution in [0, 0.1) is 0 Å². The first-order valence-corrected chi connectivity index (χ1v) is 8.06. The molecular weight excluding hydrogens is 420 g/mol. The van der Waals surface area contributed by atoms with Crippen LogP contribution in [0.1, 0.15) is 15.9 Å². The number of thiocarbonyl (C=S) groups is 1. The molecule has 0 fully saturated rings. The van der Waals surface area contributed by atoms with Crippen molar-refractivity contribution in [3.8, 4) is 0 Å². The van der Waals surface area contributed by atoms with Crippen molar-refractivity contribution in [1.29, 1.82) is 0 Å². The molecular formula is C15H8Cl3F3N2OS. The molecule has 0 aliphatic rings. The molecule has 2 aromatic carbocycles. The molecule has 0 heterocycles. The standard InChI is InChI=1S/C15H8Cl3F3N2OS/c16-8-2-3-9(11(18)6-8)13(24)23-14(25)22-12-5-7(15(19,20)21)1-4-10(12)17/h1-6H,(H2,22,23,24,25). The fourth-order valence-electron chi connectivity index (χ4n) is 1.80. The number of carbonyl (C=O) groups excluding carboxylic acids is 1. The molecule has 0 atom stereocenters. The third kappa shape index (κ3) is 5.22. The van der Waals surface area contributed by atoms with Gasteiger partial charge in [-0.25, -0.2) is 0 Å². The van der Waals surface area contributed by atoms with Crippen molar-refractivity contribution in [3.63, 3.8) is 0 Å². The van der Waals surface area contributed by atoms with E-state index in [1.807, 2.05) is 0 Å². The van der Waals surface area contributed by atoms with Crippen LogP contribution in [0.5, 0.6) is 0 Å². The summed E-state index contributed by atoms with van der Waals surface area (Å²) >= 11 is 22.4. The van der Waals surface area contributed by atoms with Crippen LogP contribution in [0.4, 0.5) is 18.9 Å². The lowest BCUT2D eigenvalue weighted by Gasteiger charge is -2.14. The van der Waals surface area contributed by atoms with Crippen molar-refractivity contribution < 1.29 is 18.0 Å². The van der Waals surface area contributed by atoms with Crippen LogP contribution in [0.25, 0.3) is 0 Å². The van der Waals surface area contributed by atoms with E-state index in [2.05, 4.69) is 10.6 Å². The number of benzene rings is 2. The molecule has 2 N–H and O–H groups in total. The number of carbonyl (C=O) groups is 1. The Morgan fingerprint density at radius 1 is 1.00 bits per heavy atom. The molecule has 0 radical (unpaired) electrons. The number of anilines is 1. The lowest BCUT2D eigenvalue weighted by molar-refractivity contribution is -0.137. The normalized spacial score (nSPS) is 11.1. The summed E-state index contributed by atoms with van der Waals surface area (Å²) in [6.45, 7) is 0. The van der Waals surface area contributed by atoms with Gasteiger partial charge in [0.2, 0.25) is 0 Å². The van der Waals surface area contributed by atoms with Crippen molar-refractivity contribution in [2.24, 2.45) is 0 Å². The number of nitrogens with one attached hydrogen (secondary N) is 2. The van der Waals surface area contributed by atoms with E-state index in [0.717, 1.165) is 18.2 Å². The molecule has 0 aliphatic heterocycles. The Hall–Kier alpha value is -1.54. The summed E-state index contributed by atoms with van der Waals surface area (Å²) in [5, 5.41) is 4.97. The van der Waals surface area contributed by atoms with Crippen molar-refractivity contribution in [2.75, 3.05) is 5.32 Å². The van der Waals surface area contributed by atoms with Gasteiger partial charge in [0.15, 0.2) is 5.11 Å². The number of rotatable bonds is 2. The Kier molecular flexibility index (Phi) is 6.16. The molecule has 25 heavy (non-hydrogen) atoms. The van der Waals surface area contributed by atoms with Gasteiger partial charge in [-0.2, -0.15) is 13.2 Å². The summed E-state index contributed by atoms with van der Waals surface area (Å²) in [6.07, 6.45) is -4.54. The molecule has 0 aromatic heterocycles. The van der Waals surface area contributed by atoms with Crippen molar-refractivity contribution in [3.05, 3.63) is 62.6 Å². The summed E-state index contributed by atoms with van der Waals surface area (Å²) in [7, 11) is 0. The molecule has 0 spiro atoms. The highest BCUT2D eigenvalue weighted by atomic mass is 35.5. The zero-order valence-corrected chi connectivity index (χ0v) is 15.1. The van der Waals surface area contributed by atoms with Gasteiger partial charge in [-0.1, -0.05) is 34.8 Å². The van der Waals surface area contributed by atoms with E-state index in [4.69, 9.17) is 47.0 Å². The van der Waals surface area contributed by atoms with Gasteiger partial charge in [0.25, 0.3) is 5.91 Å². The monoisotopic (exact) mass is 426 g/mol. The summed E-state index contributed by atoms with van der Waals surface area (Å²) < 4.78 is 38.2. The van der Waals surface area contributed by atoms with Gasteiger partial charge in [0.05, 0.1) is 26.9 Å². The van der Waals surface area contributed by atoms with Crippen LogP contribution in [0.2, 0.25) is 15.1 Å². The highest BCUT2D eigenvalue weighted by Crippen LogP contribution is 2.33. The number of halogens is 6. The van der Waals surface area contributed by atoms with E-state index < -0.39 is 17.6 Å². The third-order valence-corrected chi connectivity index (χ3v) is 4.03. The molecule has 1 amide bonds. The topological polar surface area (TPSA) is 41.1 Å². The molecule has 3 nitrogen and oxygen atoms in total. The third-order valence-electron chi connectivity index (χ3n) is 2.94. The first-order chi connectivity index (χ1) is 11.6. The largest absolute Gasteiger partial charge is 0.416 e. The van der Waals surface area contributed by atoms with Gasteiger partial charge >= 0.3 is 6.18 Å². The molecule has 0 bridgehead atoms. The van der Waals surface area contributed by atoms with Gasteiger partial charge in [-0.05, 0) is 48.6 Å². The zero-order valence-electron chi connectivity index (χ0n) is 12.0. The summed E-state index contributed by atoms with van der Waals surface area (Å²) in [5.74, 6) is -0.651. The SMILES string of the molecule is O=C(NC(=S)Nc1cc(C(F)(F)F)ccc1Cl)c1ccc(Cl)cc1Cl. The maximum atomic E-state index is 12.7. The minimum atomic E-state index is -4.54. The van der Waals surface area contributed by atoms with Crippen LogP contribution in [0.3, 0.4) is 0 Å². The number of hydrogen-bond donors (Lipinski definition) is 2. The zero-order chi connectivity index (χ0) is 18.8. The van der Waals surface area contributed by atoms with Gasteiger partial charge in [0.1, 0.15) is 0 Å². The average Bonchev–Trinajstić information content (AvgIpc) is 2.48. The van der Waals surface area contributed by atoms with E-state index in [1.54, 1.807) is 0 Å². The summed E-state index contributed by atoms with van der Waals surface area (Å²) in [6, 6.07) is 6.92. The second kappa shape index (κ2) is 7.78. The maximum absolute atomic E-state index is 12.7. The number of hydrogen-bond acceptors (Lipinski definition) is 2. The van der Waals surface area contributed by atoms with E-state index in [-0.39, 0.29) is 26.4 Å². The average molecular weight is 428 g/mol. The predicted molar refractivity (Wildman–Crippen MR) is 96.6 cm³/mol. The molecule has 0 aliphatic carbocycles. The van der Waals surface area contributed by atoms with Crippen LogP contribution in [0.15, 0.2) is 36.4 Å². The van der Waals surface area contributed by atoms with Gasteiger partial charge in [-0.3, -0.25) is 10.1 Å². The molecule has 0 unspecified atom stereocenters. The molecule has 2 rings (SSSR count). The lowest BCUT2D eigenvalue weighted by atomic mass is 10.2. The Morgan fingerprint density at radius 3 is 2.28 bits per heavy atom. The smallest absolute Gasteiger partial charge is 0.331 e. The molecule has 2 aromatic rings. The van der Waals surface area contributed by atoms with Gasteiger partial charge in [-0.15, -0.1) is 0 Å². The Bertz CT molecular complexity index is 843. The Labute approximate surface area is 161 Å². The molecule has 132 valence electrons. The van der Waals surface area contributed by atoms with Crippen molar-refractivity contribution in [1.82, 2.24) is 5.32 Å². The minimum absolute atomic E-state index is 0.00845. The van der Waals surface area contributed by atoms with E-state index in [1.165, 1.54) is 18.2 Å². The quantitative estimate of drug-likeness (QED) is 0.596. The fourth-order valence-corrected chi connectivity index (χ4v) is 2.66. The van der Waals surface area contributed by atoms with E-state index >= 15 is 0 Å². The molecule has 0 saturated heterocycles. The van der Waals surface area contributed by atoms with Gasteiger partial charge < -0.3 is 5.32 Å². The first-order valence-electron chi connectivity index (χ1n) is 6.52. The number of alkyl halides is 3. The van der Waals surface area contributed by atoms with Crippen LogP contribution in [-0.2, 0) is 6.18 Å². The van der Waals surface area contributed by atoms with Gasteiger partial charge in [0, 0.05) is 5.02 Å². The second-order valence-corrected chi connectivity index (χ2v) is 6.38. The highest BCUT2D eigenvalue weighted by molar-refractivity contribution is 7.80. The van der Waals surface area contributed by atoms with Crippen LogP contribution < -0.4 is 10.6 Å². The molecule has 0 saturated carbocycles. The second-order valence-electron chi connectivity index (χ2n) is 4.72. The summed E-state index contributed by atoms with van der Waals surface area (Å²) in [4.78, 5) is 12.1. The fraction of sp³-hybridized carbons (Fsp3) is 0.0667. The summed E-state index contributed by atoms with van der Waals surface area (Å²) in [5.41, 5.74) is -0.899. The van der Waals surface area contributed by atoms with Crippen molar-refractivity contribution in [2.45, 2.75) is 6.18 Å². The minimum Gasteiger partial charge on any atom is -0.331 e. The van der Waals surface area contributed by atoms with Crippen molar-refractivity contribution >= 4 is 63.7 Å². The van der Waals surface area contributed by atoms with Crippen LogP contribution in [-0.4, -0.2) is 11.0 Å².